The van der Waals surface area contributed by atoms with Gasteiger partial charge in [0.25, 0.3) is 10.1 Å². The van der Waals surface area contributed by atoms with Gasteiger partial charge >= 0.3 is 0 Å². The molecular weight excluding hydrogens is 206 g/mol. The standard InChI is InChI=1S/C8H19NO4S/c1-2-13-7-3-5-9-6-4-8-14(10,11)12/h9H,2-8H2,1H3,(H,10,11,12). The van der Waals surface area contributed by atoms with E-state index in [0.717, 1.165) is 26.2 Å². The Balaban J connectivity index is 3.07. The Hall–Kier alpha value is -0.170. The maximum Gasteiger partial charge on any atom is 0.264 e. The Morgan fingerprint density at radius 3 is 2.50 bits per heavy atom. The topological polar surface area (TPSA) is 75.6 Å². The third-order valence-electron chi connectivity index (χ3n) is 1.60. The fourth-order valence-electron chi connectivity index (χ4n) is 0.948. The molecule has 0 atom stereocenters. The summed E-state index contributed by atoms with van der Waals surface area (Å²) in [5, 5.41) is 3.06. The zero-order valence-corrected chi connectivity index (χ0v) is 9.35. The molecule has 0 saturated carbocycles. The van der Waals surface area contributed by atoms with Crippen LogP contribution in [0, 0.1) is 0 Å². The molecule has 0 aliphatic carbocycles. The van der Waals surface area contributed by atoms with Gasteiger partial charge in [-0.25, -0.2) is 0 Å². The van der Waals surface area contributed by atoms with Crippen molar-refractivity contribution >= 4 is 10.1 Å². The minimum absolute atomic E-state index is 0.175. The molecule has 14 heavy (non-hydrogen) atoms. The van der Waals surface area contributed by atoms with Gasteiger partial charge in [0.2, 0.25) is 0 Å². The lowest BCUT2D eigenvalue weighted by Crippen LogP contribution is -2.20. The molecule has 0 fully saturated rings. The average Bonchev–Trinajstić information content (AvgIpc) is 2.08. The third kappa shape index (κ3) is 11.8. The van der Waals surface area contributed by atoms with Crippen LogP contribution in [0.5, 0.6) is 0 Å². The van der Waals surface area contributed by atoms with Gasteiger partial charge in [-0.1, -0.05) is 0 Å². The van der Waals surface area contributed by atoms with Crippen LogP contribution >= 0.6 is 0 Å². The van der Waals surface area contributed by atoms with Gasteiger partial charge in [0.1, 0.15) is 0 Å². The van der Waals surface area contributed by atoms with Crippen molar-refractivity contribution in [2.45, 2.75) is 19.8 Å². The maximum atomic E-state index is 10.3. The van der Waals surface area contributed by atoms with Crippen LogP contribution in [0.1, 0.15) is 19.8 Å². The molecule has 0 rings (SSSR count). The third-order valence-corrected chi connectivity index (χ3v) is 2.41. The molecule has 0 spiro atoms. The van der Waals surface area contributed by atoms with E-state index in [4.69, 9.17) is 9.29 Å². The summed E-state index contributed by atoms with van der Waals surface area (Å²) in [5.74, 6) is -0.175. The lowest BCUT2D eigenvalue weighted by Gasteiger charge is -2.03. The van der Waals surface area contributed by atoms with Crippen LogP contribution in [-0.4, -0.2) is 45.0 Å². The van der Waals surface area contributed by atoms with Crippen molar-refractivity contribution in [2.24, 2.45) is 0 Å². The smallest absolute Gasteiger partial charge is 0.264 e. The molecule has 0 aliphatic heterocycles. The van der Waals surface area contributed by atoms with E-state index in [1.807, 2.05) is 6.92 Å². The van der Waals surface area contributed by atoms with E-state index < -0.39 is 10.1 Å². The number of hydrogen-bond donors (Lipinski definition) is 2. The molecule has 0 aromatic heterocycles. The number of hydrogen-bond acceptors (Lipinski definition) is 4. The normalized spacial score (nSPS) is 11.9. The Kier molecular flexibility index (Phi) is 8.07. The molecule has 0 radical (unpaired) electrons. The van der Waals surface area contributed by atoms with E-state index in [2.05, 4.69) is 5.32 Å². The molecule has 5 nitrogen and oxygen atoms in total. The van der Waals surface area contributed by atoms with Crippen LogP contribution in [0.2, 0.25) is 0 Å². The molecule has 2 N–H and O–H groups in total. The van der Waals surface area contributed by atoms with Gasteiger partial charge in [0.05, 0.1) is 5.75 Å². The second kappa shape index (κ2) is 8.16. The Bertz CT molecular complexity index is 215. The molecule has 0 aliphatic rings. The molecule has 0 unspecified atom stereocenters. The molecule has 0 aromatic carbocycles. The maximum absolute atomic E-state index is 10.3. The number of ether oxygens (including phenoxy) is 1. The zero-order valence-electron chi connectivity index (χ0n) is 8.53. The fraction of sp³-hybridized carbons (Fsp3) is 1.00. The quantitative estimate of drug-likeness (QED) is 0.435. The molecule has 0 aromatic rings. The Morgan fingerprint density at radius 1 is 1.29 bits per heavy atom. The first-order valence-corrected chi connectivity index (χ1v) is 6.41. The van der Waals surface area contributed by atoms with Crippen LogP contribution < -0.4 is 5.32 Å². The summed E-state index contributed by atoms with van der Waals surface area (Å²) in [6.45, 7) is 4.81. The number of nitrogens with one attached hydrogen (secondary N) is 1. The summed E-state index contributed by atoms with van der Waals surface area (Å²) in [4.78, 5) is 0. The Labute approximate surface area is 85.6 Å². The average molecular weight is 225 g/mol. The number of rotatable bonds is 9. The highest BCUT2D eigenvalue weighted by atomic mass is 32.2. The second-order valence-electron chi connectivity index (χ2n) is 2.94. The summed E-state index contributed by atoms with van der Waals surface area (Å²) in [7, 11) is -3.79. The van der Waals surface area contributed by atoms with Gasteiger partial charge in [0.15, 0.2) is 0 Å². The van der Waals surface area contributed by atoms with Crippen molar-refractivity contribution in [2.75, 3.05) is 32.1 Å². The Morgan fingerprint density at radius 2 is 1.93 bits per heavy atom. The highest BCUT2D eigenvalue weighted by molar-refractivity contribution is 7.85. The van der Waals surface area contributed by atoms with Gasteiger partial charge in [-0.05, 0) is 32.9 Å². The van der Waals surface area contributed by atoms with Crippen LogP contribution in [-0.2, 0) is 14.9 Å². The first-order valence-electron chi connectivity index (χ1n) is 4.80. The van der Waals surface area contributed by atoms with Crippen molar-refractivity contribution in [3.8, 4) is 0 Å². The van der Waals surface area contributed by atoms with Crippen molar-refractivity contribution < 1.29 is 17.7 Å². The van der Waals surface area contributed by atoms with E-state index in [9.17, 15) is 8.42 Å². The second-order valence-corrected chi connectivity index (χ2v) is 4.51. The minimum Gasteiger partial charge on any atom is -0.382 e. The van der Waals surface area contributed by atoms with Gasteiger partial charge < -0.3 is 10.1 Å². The first-order chi connectivity index (χ1) is 6.56. The van der Waals surface area contributed by atoms with Gasteiger partial charge in [0, 0.05) is 13.2 Å². The largest absolute Gasteiger partial charge is 0.382 e. The lowest BCUT2D eigenvalue weighted by atomic mass is 10.4. The fourth-order valence-corrected chi connectivity index (χ4v) is 1.46. The summed E-state index contributed by atoms with van der Waals surface area (Å²) >= 11 is 0. The highest BCUT2D eigenvalue weighted by Gasteiger charge is 2.02. The van der Waals surface area contributed by atoms with Crippen molar-refractivity contribution in [3.63, 3.8) is 0 Å². The first kappa shape index (κ1) is 13.8. The molecular formula is C8H19NO4S. The van der Waals surface area contributed by atoms with Crippen LogP contribution in [0.4, 0.5) is 0 Å². The molecule has 0 bridgehead atoms. The van der Waals surface area contributed by atoms with Crippen LogP contribution in [0.3, 0.4) is 0 Å². The summed E-state index contributed by atoms with van der Waals surface area (Å²) in [5.41, 5.74) is 0. The van der Waals surface area contributed by atoms with Gasteiger partial charge in [-0.15, -0.1) is 0 Å². The van der Waals surface area contributed by atoms with E-state index in [1.165, 1.54) is 0 Å². The highest BCUT2D eigenvalue weighted by Crippen LogP contribution is 1.87. The minimum atomic E-state index is -3.79. The molecule has 0 amide bonds. The van der Waals surface area contributed by atoms with E-state index >= 15 is 0 Å². The predicted molar refractivity (Wildman–Crippen MR) is 55.0 cm³/mol. The lowest BCUT2D eigenvalue weighted by molar-refractivity contribution is 0.145. The molecule has 0 saturated heterocycles. The van der Waals surface area contributed by atoms with Crippen LogP contribution in [0.15, 0.2) is 0 Å². The molecule has 0 heterocycles. The molecule has 6 heteroatoms. The summed E-state index contributed by atoms with van der Waals surface area (Å²) in [6, 6.07) is 0. The van der Waals surface area contributed by atoms with Gasteiger partial charge in [-0.3, -0.25) is 4.55 Å². The molecule has 86 valence electrons. The van der Waals surface area contributed by atoms with Gasteiger partial charge in [-0.2, -0.15) is 8.42 Å². The van der Waals surface area contributed by atoms with E-state index in [0.29, 0.717) is 13.0 Å². The zero-order chi connectivity index (χ0) is 10.9. The van der Waals surface area contributed by atoms with Crippen molar-refractivity contribution in [1.29, 1.82) is 0 Å². The van der Waals surface area contributed by atoms with E-state index in [1.54, 1.807) is 0 Å². The van der Waals surface area contributed by atoms with E-state index in [-0.39, 0.29) is 5.75 Å². The summed E-state index contributed by atoms with van der Waals surface area (Å²) in [6.07, 6.45) is 1.35. The van der Waals surface area contributed by atoms with Crippen LogP contribution in [0.25, 0.3) is 0 Å². The van der Waals surface area contributed by atoms with Crippen molar-refractivity contribution in [1.82, 2.24) is 5.32 Å². The predicted octanol–water partition coefficient (Wildman–Crippen LogP) is 0.281. The summed E-state index contributed by atoms with van der Waals surface area (Å²) < 4.78 is 34.2. The SMILES string of the molecule is CCOCCCNCCCS(=O)(=O)O. The van der Waals surface area contributed by atoms with Crippen molar-refractivity contribution in [3.05, 3.63) is 0 Å². The monoisotopic (exact) mass is 225 g/mol.